The van der Waals surface area contributed by atoms with Crippen LogP contribution in [0.15, 0.2) is 43.0 Å². The molecule has 8 heteroatoms. The van der Waals surface area contributed by atoms with E-state index in [-0.39, 0.29) is 5.92 Å². The molecular formula is C26H30N4O4. The Bertz CT molecular complexity index is 1210. The number of pyridine rings is 1. The van der Waals surface area contributed by atoms with Crippen molar-refractivity contribution in [2.24, 2.45) is 18.9 Å². The van der Waals surface area contributed by atoms with Crippen LogP contribution >= 0.6 is 0 Å². The first kappa shape index (κ1) is 23.7. The lowest BCUT2D eigenvalue weighted by Crippen LogP contribution is -2.44. The van der Waals surface area contributed by atoms with Gasteiger partial charge in [-0.1, -0.05) is 5.92 Å². The number of imidazole rings is 1. The fourth-order valence-electron chi connectivity index (χ4n) is 4.65. The van der Waals surface area contributed by atoms with Crippen LogP contribution < -0.4 is 4.74 Å². The van der Waals surface area contributed by atoms with Crippen LogP contribution in [-0.4, -0.2) is 62.4 Å². The summed E-state index contributed by atoms with van der Waals surface area (Å²) in [6.45, 7) is 1.78. The Kier molecular flexibility index (Phi) is 7.46. The van der Waals surface area contributed by atoms with Crippen molar-refractivity contribution in [2.45, 2.75) is 25.4 Å². The van der Waals surface area contributed by atoms with Gasteiger partial charge in [0.2, 0.25) is 0 Å². The average molecular weight is 463 g/mol. The number of aliphatic hydroxyl groups excluding tert-OH is 1. The molecule has 1 aliphatic rings. The minimum Gasteiger partial charge on any atom is -0.497 e. The summed E-state index contributed by atoms with van der Waals surface area (Å²) in [4.78, 5) is 22.5. The molecule has 0 unspecified atom stereocenters. The lowest BCUT2D eigenvalue weighted by molar-refractivity contribution is -0.146. The number of fused-ring (bicyclic) bond motifs is 1. The molecule has 3 heterocycles. The zero-order chi connectivity index (χ0) is 24.1. The number of likely N-dealkylation sites (tertiary alicyclic amines) is 1. The number of ether oxygens (including phenoxy) is 1. The second-order valence-electron chi connectivity index (χ2n) is 8.80. The molecule has 0 bridgehead atoms. The van der Waals surface area contributed by atoms with Crippen LogP contribution in [0, 0.1) is 23.7 Å². The molecule has 178 valence electrons. The number of carboxylic acids is 1. The third-order valence-corrected chi connectivity index (χ3v) is 6.65. The summed E-state index contributed by atoms with van der Waals surface area (Å²) in [5.41, 5.74) is 2.42. The lowest BCUT2D eigenvalue weighted by Gasteiger charge is -2.36. The number of methoxy groups -OCH3 is 1. The largest absolute Gasteiger partial charge is 0.497 e. The van der Waals surface area contributed by atoms with Crippen LogP contribution in [-0.2, 0) is 11.8 Å². The summed E-state index contributed by atoms with van der Waals surface area (Å²) in [5.74, 6) is 5.68. The molecule has 2 aromatic heterocycles. The highest BCUT2D eigenvalue weighted by Crippen LogP contribution is 2.33. The number of aryl methyl sites for hydroxylation is 1. The minimum atomic E-state index is -0.789. The van der Waals surface area contributed by atoms with Gasteiger partial charge < -0.3 is 19.5 Å². The number of carboxylic acid groups (broad SMARTS) is 1. The van der Waals surface area contributed by atoms with E-state index in [4.69, 9.17) is 4.74 Å². The summed E-state index contributed by atoms with van der Waals surface area (Å²) >= 11 is 0. The topological polar surface area (TPSA) is 101 Å². The fraction of sp³-hybridized carbons (Fsp3) is 0.423. The number of rotatable bonds is 7. The number of hydrogen-bond donors (Lipinski definition) is 2. The maximum atomic E-state index is 12.0. The third-order valence-electron chi connectivity index (χ3n) is 6.65. The maximum absolute atomic E-state index is 12.0. The smallest absolute Gasteiger partial charge is 0.308 e. The van der Waals surface area contributed by atoms with Gasteiger partial charge >= 0.3 is 5.97 Å². The van der Waals surface area contributed by atoms with Gasteiger partial charge in [-0.25, -0.2) is 4.98 Å². The van der Waals surface area contributed by atoms with E-state index in [1.165, 1.54) is 0 Å². The van der Waals surface area contributed by atoms with Crippen LogP contribution in [0.3, 0.4) is 0 Å². The van der Waals surface area contributed by atoms with Gasteiger partial charge in [-0.15, -0.1) is 0 Å². The second-order valence-corrected chi connectivity index (χ2v) is 8.80. The zero-order valence-electron chi connectivity index (χ0n) is 19.5. The van der Waals surface area contributed by atoms with E-state index in [0.717, 1.165) is 35.1 Å². The molecule has 0 aliphatic carbocycles. The molecule has 1 saturated heterocycles. The maximum Gasteiger partial charge on any atom is 0.308 e. The number of carbonyl (C=O) groups is 1. The second kappa shape index (κ2) is 10.7. The van der Waals surface area contributed by atoms with Gasteiger partial charge in [-0.2, -0.15) is 0 Å². The molecular weight excluding hydrogens is 432 g/mol. The SMILES string of the molecule is COc1ccc2nccc([C@@H](O)CC[C@@H]3CCN(CC#Cc4cncn4C)C[C@@H]3C(=O)O)c2c1. The first-order valence-electron chi connectivity index (χ1n) is 11.5. The summed E-state index contributed by atoms with van der Waals surface area (Å²) < 4.78 is 7.18. The number of aromatic nitrogens is 3. The van der Waals surface area contributed by atoms with E-state index in [0.29, 0.717) is 31.7 Å². The van der Waals surface area contributed by atoms with Crippen LogP contribution in [0.2, 0.25) is 0 Å². The predicted molar refractivity (Wildman–Crippen MR) is 128 cm³/mol. The molecule has 0 saturated carbocycles. The first-order chi connectivity index (χ1) is 16.5. The Morgan fingerprint density at radius 3 is 2.94 bits per heavy atom. The van der Waals surface area contributed by atoms with Crippen LogP contribution in [0.1, 0.15) is 36.6 Å². The number of benzene rings is 1. The molecule has 1 fully saturated rings. The van der Waals surface area contributed by atoms with Gasteiger partial charge in [0, 0.05) is 25.2 Å². The van der Waals surface area contributed by atoms with E-state index in [9.17, 15) is 15.0 Å². The van der Waals surface area contributed by atoms with Crippen molar-refractivity contribution in [1.29, 1.82) is 0 Å². The van der Waals surface area contributed by atoms with Gasteiger partial charge in [-0.05, 0) is 67.5 Å². The van der Waals surface area contributed by atoms with Crippen molar-refractivity contribution < 1.29 is 19.7 Å². The van der Waals surface area contributed by atoms with Gasteiger partial charge in [-0.3, -0.25) is 14.7 Å². The highest BCUT2D eigenvalue weighted by Gasteiger charge is 2.34. The molecule has 3 atom stereocenters. The number of aliphatic carboxylic acids is 1. The highest BCUT2D eigenvalue weighted by atomic mass is 16.5. The molecule has 0 spiro atoms. The molecule has 2 N–H and O–H groups in total. The van der Waals surface area contributed by atoms with E-state index < -0.39 is 18.0 Å². The molecule has 1 aliphatic heterocycles. The number of hydrogen-bond acceptors (Lipinski definition) is 6. The van der Waals surface area contributed by atoms with Crippen LogP contribution in [0.4, 0.5) is 0 Å². The van der Waals surface area contributed by atoms with Crippen molar-refractivity contribution in [1.82, 2.24) is 19.4 Å². The third kappa shape index (κ3) is 5.38. The van der Waals surface area contributed by atoms with Crippen LogP contribution in [0.25, 0.3) is 10.9 Å². The quantitative estimate of drug-likeness (QED) is 0.521. The zero-order valence-corrected chi connectivity index (χ0v) is 19.5. The summed E-state index contributed by atoms with van der Waals surface area (Å²) in [6, 6.07) is 7.42. The lowest BCUT2D eigenvalue weighted by atomic mass is 9.81. The van der Waals surface area contributed by atoms with Crippen LogP contribution in [0.5, 0.6) is 5.75 Å². The number of aliphatic hydroxyl groups is 1. The Labute approximate surface area is 199 Å². The Hall–Kier alpha value is -3.41. The Balaban J connectivity index is 1.38. The van der Waals surface area contributed by atoms with Gasteiger partial charge in [0.25, 0.3) is 0 Å². The predicted octanol–water partition coefficient (Wildman–Crippen LogP) is 2.86. The molecule has 8 nitrogen and oxygen atoms in total. The van der Waals surface area contributed by atoms with Crippen molar-refractivity contribution in [3.05, 3.63) is 54.2 Å². The molecule has 3 aromatic rings. The summed E-state index contributed by atoms with van der Waals surface area (Å²) in [7, 11) is 3.50. The average Bonchev–Trinajstić information content (AvgIpc) is 3.26. The standard InChI is InChI=1S/C26H30N4O4/c1-29-17-27-15-19(29)4-3-12-30-13-10-18(23(16-30)26(32)33)5-8-25(31)21-9-11-28-24-7-6-20(34-2)14-22(21)24/h6-7,9,11,14-15,17-18,23,25,31H,5,8,10,12-13,16H2,1-2H3,(H,32,33)/t18-,23+,25+/m1/s1. The van der Waals surface area contributed by atoms with Crippen molar-refractivity contribution in [2.75, 3.05) is 26.7 Å². The van der Waals surface area contributed by atoms with Crippen molar-refractivity contribution in [3.8, 4) is 17.6 Å². The minimum absolute atomic E-state index is 0.0103. The van der Waals surface area contributed by atoms with Gasteiger partial charge in [0.15, 0.2) is 0 Å². The summed E-state index contributed by atoms with van der Waals surface area (Å²) in [5, 5.41) is 21.7. The highest BCUT2D eigenvalue weighted by molar-refractivity contribution is 5.83. The first-order valence-corrected chi connectivity index (χ1v) is 11.5. The normalized spacial score (nSPS) is 19.4. The Morgan fingerprint density at radius 2 is 2.21 bits per heavy atom. The number of piperidine rings is 1. The Morgan fingerprint density at radius 1 is 1.35 bits per heavy atom. The van der Waals surface area contributed by atoms with E-state index >= 15 is 0 Å². The van der Waals surface area contributed by atoms with Gasteiger partial charge in [0.1, 0.15) is 11.4 Å². The monoisotopic (exact) mass is 462 g/mol. The van der Waals surface area contributed by atoms with E-state index in [2.05, 4.69) is 26.7 Å². The van der Waals surface area contributed by atoms with Crippen molar-refractivity contribution in [3.63, 3.8) is 0 Å². The fourth-order valence-corrected chi connectivity index (χ4v) is 4.65. The van der Waals surface area contributed by atoms with Gasteiger partial charge in [0.05, 0.1) is 43.7 Å². The molecule has 0 radical (unpaired) electrons. The molecule has 34 heavy (non-hydrogen) atoms. The molecule has 0 amide bonds. The van der Waals surface area contributed by atoms with E-state index in [1.54, 1.807) is 25.8 Å². The molecule has 4 rings (SSSR count). The molecule has 1 aromatic carbocycles. The summed E-state index contributed by atoms with van der Waals surface area (Å²) in [6.07, 6.45) is 6.31. The number of nitrogens with zero attached hydrogens (tertiary/aromatic N) is 4. The van der Waals surface area contributed by atoms with Crippen molar-refractivity contribution >= 4 is 16.9 Å². The van der Waals surface area contributed by atoms with E-state index in [1.807, 2.05) is 35.9 Å².